The van der Waals surface area contributed by atoms with E-state index in [0.29, 0.717) is 5.56 Å². The van der Waals surface area contributed by atoms with Crippen molar-refractivity contribution in [3.8, 4) is 11.3 Å². The molecular formula is C14H17N3O. The van der Waals surface area contributed by atoms with E-state index >= 15 is 0 Å². The SMILES string of the molecule is CCc1ccc(-c2cc(CN)c(=O)n(C)n2)cc1. The summed E-state index contributed by atoms with van der Waals surface area (Å²) in [7, 11) is 1.64. The third-order valence-electron chi connectivity index (χ3n) is 3.02. The van der Waals surface area contributed by atoms with Gasteiger partial charge in [-0.2, -0.15) is 5.10 Å². The van der Waals surface area contributed by atoms with Gasteiger partial charge in [0.15, 0.2) is 0 Å². The molecule has 0 unspecified atom stereocenters. The molecule has 0 bridgehead atoms. The van der Waals surface area contributed by atoms with Crippen molar-refractivity contribution < 1.29 is 0 Å². The molecule has 0 aliphatic carbocycles. The molecule has 1 aromatic carbocycles. The molecule has 0 aliphatic heterocycles. The molecule has 1 heterocycles. The lowest BCUT2D eigenvalue weighted by Crippen LogP contribution is -2.25. The molecular weight excluding hydrogens is 226 g/mol. The number of nitrogens with two attached hydrogens (primary N) is 1. The van der Waals surface area contributed by atoms with Gasteiger partial charge in [-0.3, -0.25) is 4.79 Å². The average molecular weight is 243 g/mol. The van der Waals surface area contributed by atoms with Crippen LogP contribution in [0.2, 0.25) is 0 Å². The number of hydrogen-bond acceptors (Lipinski definition) is 3. The summed E-state index contributed by atoms with van der Waals surface area (Å²) in [6, 6.07) is 9.95. The Labute approximate surface area is 106 Å². The molecule has 18 heavy (non-hydrogen) atoms. The lowest BCUT2D eigenvalue weighted by atomic mass is 10.1. The van der Waals surface area contributed by atoms with Crippen LogP contribution in [-0.2, 0) is 20.0 Å². The summed E-state index contributed by atoms with van der Waals surface area (Å²) in [5, 5.41) is 4.26. The molecule has 2 N–H and O–H groups in total. The fourth-order valence-electron chi connectivity index (χ4n) is 1.87. The third-order valence-corrected chi connectivity index (χ3v) is 3.02. The Morgan fingerprint density at radius 2 is 1.94 bits per heavy atom. The summed E-state index contributed by atoms with van der Waals surface area (Å²) in [5.74, 6) is 0. The number of nitrogens with zero attached hydrogens (tertiary/aromatic N) is 2. The standard InChI is InChI=1S/C14H17N3O/c1-3-10-4-6-11(7-5-10)13-8-12(9-15)14(18)17(2)16-13/h4-8H,3,9,15H2,1-2H3. The molecule has 4 heteroatoms. The zero-order valence-corrected chi connectivity index (χ0v) is 10.7. The van der Waals surface area contributed by atoms with Gasteiger partial charge < -0.3 is 5.73 Å². The Hall–Kier alpha value is -1.94. The van der Waals surface area contributed by atoms with Crippen LogP contribution in [0.15, 0.2) is 35.1 Å². The molecule has 0 radical (unpaired) electrons. The van der Waals surface area contributed by atoms with Crippen LogP contribution in [0.3, 0.4) is 0 Å². The number of hydrogen-bond donors (Lipinski definition) is 1. The van der Waals surface area contributed by atoms with Gasteiger partial charge in [-0.1, -0.05) is 31.2 Å². The van der Waals surface area contributed by atoms with Gasteiger partial charge in [-0.05, 0) is 18.1 Å². The predicted molar refractivity (Wildman–Crippen MR) is 72.2 cm³/mol. The molecule has 0 aliphatic rings. The minimum Gasteiger partial charge on any atom is -0.326 e. The molecule has 1 aromatic heterocycles. The van der Waals surface area contributed by atoms with E-state index in [4.69, 9.17) is 5.73 Å². The second-order valence-electron chi connectivity index (χ2n) is 4.24. The maximum atomic E-state index is 11.7. The number of rotatable bonds is 3. The van der Waals surface area contributed by atoms with E-state index in [9.17, 15) is 4.79 Å². The van der Waals surface area contributed by atoms with Gasteiger partial charge in [-0.25, -0.2) is 4.68 Å². The summed E-state index contributed by atoms with van der Waals surface area (Å²) in [6.45, 7) is 2.35. The monoisotopic (exact) mass is 243 g/mol. The summed E-state index contributed by atoms with van der Waals surface area (Å²) in [6.07, 6.45) is 1.01. The highest BCUT2D eigenvalue weighted by Crippen LogP contribution is 2.17. The highest BCUT2D eigenvalue weighted by Gasteiger charge is 2.06. The predicted octanol–water partition coefficient (Wildman–Crippen LogP) is 1.47. The first-order valence-electron chi connectivity index (χ1n) is 6.02. The molecule has 0 spiro atoms. The van der Waals surface area contributed by atoms with Crippen LogP contribution in [0.25, 0.3) is 11.3 Å². The lowest BCUT2D eigenvalue weighted by Gasteiger charge is -2.06. The fourth-order valence-corrected chi connectivity index (χ4v) is 1.87. The summed E-state index contributed by atoms with van der Waals surface area (Å²) < 4.78 is 1.34. The molecule has 2 aromatic rings. The van der Waals surface area contributed by atoms with Crippen molar-refractivity contribution in [2.24, 2.45) is 12.8 Å². The van der Waals surface area contributed by atoms with Gasteiger partial charge in [-0.15, -0.1) is 0 Å². The topological polar surface area (TPSA) is 60.9 Å². The van der Waals surface area contributed by atoms with Gasteiger partial charge in [0, 0.05) is 24.7 Å². The molecule has 0 saturated carbocycles. The van der Waals surface area contributed by atoms with Gasteiger partial charge in [0.25, 0.3) is 5.56 Å². The molecule has 0 fully saturated rings. The average Bonchev–Trinajstić information content (AvgIpc) is 2.42. The smallest absolute Gasteiger partial charge is 0.271 e. The van der Waals surface area contributed by atoms with Crippen LogP contribution < -0.4 is 11.3 Å². The quantitative estimate of drug-likeness (QED) is 0.888. The highest BCUT2D eigenvalue weighted by atomic mass is 16.1. The normalized spacial score (nSPS) is 10.6. The van der Waals surface area contributed by atoms with E-state index in [1.807, 2.05) is 12.1 Å². The largest absolute Gasteiger partial charge is 0.326 e. The van der Waals surface area contributed by atoms with E-state index in [-0.39, 0.29) is 12.1 Å². The maximum Gasteiger partial charge on any atom is 0.271 e. The zero-order valence-electron chi connectivity index (χ0n) is 10.7. The zero-order chi connectivity index (χ0) is 13.1. The second kappa shape index (κ2) is 5.14. The minimum atomic E-state index is -0.133. The third kappa shape index (κ3) is 2.33. The molecule has 0 amide bonds. The Kier molecular flexibility index (Phi) is 3.58. The van der Waals surface area contributed by atoms with Crippen LogP contribution >= 0.6 is 0 Å². The van der Waals surface area contributed by atoms with E-state index in [0.717, 1.165) is 17.7 Å². The highest BCUT2D eigenvalue weighted by molar-refractivity contribution is 5.59. The first-order valence-corrected chi connectivity index (χ1v) is 6.02. The van der Waals surface area contributed by atoms with Crippen LogP contribution in [-0.4, -0.2) is 9.78 Å². The fraction of sp³-hybridized carbons (Fsp3) is 0.286. The van der Waals surface area contributed by atoms with Crippen molar-refractivity contribution in [3.63, 3.8) is 0 Å². The molecule has 94 valence electrons. The second-order valence-corrected chi connectivity index (χ2v) is 4.24. The van der Waals surface area contributed by atoms with Gasteiger partial charge in [0.1, 0.15) is 0 Å². The Bertz CT molecular complexity index is 599. The Balaban J connectivity index is 2.50. The molecule has 4 nitrogen and oxygen atoms in total. The van der Waals surface area contributed by atoms with E-state index in [1.54, 1.807) is 13.1 Å². The van der Waals surface area contributed by atoms with Crippen molar-refractivity contribution in [1.82, 2.24) is 9.78 Å². The van der Waals surface area contributed by atoms with Crippen molar-refractivity contribution in [1.29, 1.82) is 0 Å². The number of aryl methyl sites for hydroxylation is 2. The first kappa shape index (κ1) is 12.5. The summed E-state index contributed by atoms with van der Waals surface area (Å²) >= 11 is 0. The number of aromatic nitrogens is 2. The molecule has 2 rings (SSSR count). The van der Waals surface area contributed by atoms with Crippen molar-refractivity contribution in [2.75, 3.05) is 0 Å². The summed E-state index contributed by atoms with van der Waals surface area (Å²) in [5.41, 5.74) is 9.08. The van der Waals surface area contributed by atoms with Crippen LogP contribution in [0.5, 0.6) is 0 Å². The van der Waals surface area contributed by atoms with Gasteiger partial charge in [0.2, 0.25) is 0 Å². The molecule has 0 atom stereocenters. The van der Waals surface area contributed by atoms with E-state index < -0.39 is 0 Å². The number of benzene rings is 1. The van der Waals surface area contributed by atoms with Gasteiger partial charge >= 0.3 is 0 Å². The first-order chi connectivity index (χ1) is 8.65. The van der Waals surface area contributed by atoms with Gasteiger partial charge in [0.05, 0.1) is 5.69 Å². The minimum absolute atomic E-state index is 0.133. The maximum absolute atomic E-state index is 11.7. The molecule has 0 saturated heterocycles. The van der Waals surface area contributed by atoms with Crippen molar-refractivity contribution in [2.45, 2.75) is 19.9 Å². The van der Waals surface area contributed by atoms with E-state index in [2.05, 4.69) is 24.2 Å². The van der Waals surface area contributed by atoms with Crippen LogP contribution in [0, 0.1) is 0 Å². The van der Waals surface area contributed by atoms with Crippen molar-refractivity contribution in [3.05, 3.63) is 51.8 Å². The Morgan fingerprint density at radius 1 is 1.28 bits per heavy atom. The van der Waals surface area contributed by atoms with E-state index in [1.165, 1.54) is 10.2 Å². The summed E-state index contributed by atoms with van der Waals surface area (Å²) in [4.78, 5) is 11.7. The van der Waals surface area contributed by atoms with Crippen LogP contribution in [0.4, 0.5) is 0 Å². The van der Waals surface area contributed by atoms with Crippen LogP contribution in [0.1, 0.15) is 18.1 Å². The Morgan fingerprint density at radius 3 is 2.50 bits per heavy atom. The van der Waals surface area contributed by atoms with Crippen molar-refractivity contribution >= 4 is 0 Å². The lowest BCUT2D eigenvalue weighted by molar-refractivity contribution is 0.697.